The lowest BCUT2D eigenvalue weighted by Gasteiger charge is -2.38. The maximum atomic E-state index is 13.2. The van der Waals surface area contributed by atoms with E-state index in [9.17, 15) is 9.59 Å². The monoisotopic (exact) mass is 397 g/mol. The van der Waals surface area contributed by atoms with Crippen molar-refractivity contribution in [2.75, 3.05) is 18.7 Å². The van der Waals surface area contributed by atoms with Crippen LogP contribution in [0.15, 0.2) is 45.5 Å². The fourth-order valence-electron chi connectivity index (χ4n) is 4.21. The number of thioether (sulfide) groups is 1. The summed E-state index contributed by atoms with van der Waals surface area (Å²) in [4.78, 5) is 33.6. The van der Waals surface area contributed by atoms with Gasteiger partial charge in [0.1, 0.15) is 11.6 Å². The summed E-state index contributed by atoms with van der Waals surface area (Å²) in [6, 6.07) is 7.55. The van der Waals surface area contributed by atoms with E-state index >= 15 is 0 Å². The fraction of sp³-hybridized carbons (Fsp3) is 0.381. The second kappa shape index (κ2) is 6.81. The highest BCUT2D eigenvalue weighted by atomic mass is 32.2. The lowest BCUT2D eigenvalue weighted by molar-refractivity contribution is -0.118. The molecule has 2 heterocycles. The summed E-state index contributed by atoms with van der Waals surface area (Å²) in [6.45, 7) is 4.17. The molecular formula is C21H23N3O3S. The van der Waals surface area contributed by atoms with E-state index in [2.05, 4.69) is 29.1 Å². The highest BCUT2D eigenvalue weighted by molar-refractivity contribution is 7.98. The van der Waals surface area contributed by atoms with E-state index in [1.54, 1.807) is 7.11 Å². The quantitative estimate of drug-likeness (QED) is 0.607. The number of carbonyl (C=O) groups is 1. The average Bonchev–Trinajstić information content (AvgIpc) is 2.65. The number of para-hydroxylation sites is 1. The molecular weight excluding hydrogens is 374 g/mol. The van der Waals surface area contributed by atoms with E-state index < -0.39 is 5.92 Å². The lowest BCUT2D eigenvalue weighted by atomic mass is 9.69. The van der Waals surface area contributed by atoms with Gasteiger partial charge in [-0.15, -0.1) is 0 Å². The maximum absolute atomic E-state index is 13.2. The molecule has 1 aromatic heterocycles. The van der Waals surface area contributed by atoms with Crippen molar-refractivity contribution in [1.82, 2.24) is 9.97 Å². The second-order valence-electron chi connectivity index (χ2n) is 7.97. The van der Waals surface area contributed by atoms with Gasteiger partial charge in [-0.05, 0) is 24.2 Å². The van der Waals surface area contributed by atoms with Gasteiger partial charge >= 0.3 is 0 Å². The minimum Gasteiger partial charge on any atom is -0.496 e. The second-order valence-corrected chi connectivity index (χ2v) is 8.77. The minimum absolute atomic E-state index is 0.0636. The molecule has 1 atom stereocenters. The highest BCUT2D eigenvalue weighted by Crippen LogP contribution is 2.49. The number of H-pyrrole nitrogens is 1. The molecule has 1 aromatic carbocycles. The molecule has 0 saturated heterocycles. The third kappa shape index (κ3) is 3.03. The van der Waals surface area contributed by atoms with E-state index in [0.29, 0.717) is 34.3 Å². The molecule has 1 aliphatic heterocycles. The van der Waals surface area contributed by atoms with Gasteiger partial charge in [0.15, 0.2) is 10.9 Å². The lowest BCUT2D eigenvalue weighted by Crippen LogP contribution is -2.37. The van der Waals surface area contributed by atoms with Crippen molar-refractivity contribution in [3.8, 4) is 5.75 Å². The van der Waals surface area contributed by atoms with Crippen molar-refractivity contribution < 1.29 is 9.53 Å². The van der Waals surface area contributed by atoms with Gasteiger partial charge in [0.05, 0.1) is 18.6 Å². The molecule has 2 aliphatic rings. The first-order valence-electron chi connectivity index (χ1n) is 9.19. The Morgan fingerprint density at radius 3 is 2.68 bits per heavy atom. The van der Waals surface area contributed by atoms with Crippen molar-refractivity contribution in [1.29, 1.82) is 0 Å². The van der Waals surface area contributed by atoms with Crippen LogP contribution >= 0.6 is 11.8 Å². The predicted molar refractivity (Wildman–Crippen MR) is 110 cm³/mol. The van der Waals surface area contributed by atoms with E-state index in [0.717, 1.165) is 17.7 Å². The number of aromatic amines is 1. The first-order valence-corrected chi connectivity index (χ1v) is 10.4. The number of anilines is 1. The minimum atomic E-state index is -0.502. The average molecular weight is 398 g/mol. The summed E-state index contributed by atoms with van der Waals surface area (Å²) >= 11 is 1.38. The summed E-state index contributed by atoms with van der Waals surface area (Å²) in [6.07, 6.45) is 3.04. The van der Waals surface area contributed by atoms with Crippen LogP contribution in [-0.4, -0.2) is 29.1 Å². The first kappa shape index (κ1) is 18.8. The Morgan fingerprint density at radius 2 is 1.96 bits per heavy atom. The molecule has 28 heavy (non-hydrogen) atoms. The summed E-state index contributed by atoms with van der Waals surface area (Å²) in [5, 5.41) is 3.85. The molecule has 0 unspecified atom stereocenters. The van der Waals surface area contributed by atoms with Crippen molar-refractivity contribution in [2.24, 2.45) is 5.41 Å². The zero-order valence-corrected chi connectivity index (χ0v) is 17.2. The molecule has 0 radical (unpaired) electrons. The number of nitrogens with one attached hydrogen (secondary N) is 2. The third-order valence-electron chi connectivity index (χ3n) is 5.34. The summed E-state index contributed by atoms with van der Waals surface area (Å²) in [5.41, 5.74) is 2.40. The number of fused-ring (bicyclic) bond motifs is 1. The fourth-order valence-corrected chi connectivity index (χ4v) is 4.58. The van der Waals surface area contributed by atoms with Crippen LogP contribution in [-0.2, 0) is 4.79 Å². The Bertz CT molecular complexity index is 1060. The zero-order chi connectivity index (χ0) is 20.1. The number of benzene rings is 1. The van der Waals surface area contributed by atoms with Gasteiger partial charge in [-0.1, -0.05) is 43.8 Å². The van der Waals surface area contributed by atoms with Crippen LogP contribution in [0.3, 0.4) is 0 Å². The predicted octanol–water partition coefficient (Wildman–Crippen LogP) is 3.70. The number of carbonyl (C=O) groups excluding carboxylic acids is 1. The topological polar surface area (TPSA) is 84.1 Å². The molecule has 2 N–H and O–H groups in total. The number of Topliss-reactive ketones (excluding diaryl/α,β-unsaturated/α-hetero) is 1. The van der Waals surface area contributed by atoms with Crippen molar-refractivity contribution in [3.05, 3.63) is 57.0 Å². The van der Waals surface area contributed by atoms with Gasteiger partial charge in [0, 0.05) is 23.3 Å². The molecule has 1 aliphatic carbocycles. The number of aromatic nitrogens is 2. The largest absolute Gasteiger partial charge is 0.496 e. The number of allylic oxidation sites excluding steroid dienone is 2. The Kier molecular flexibility index (Phi) is 4.57. The number of hydrogen-bond acceptors (Lipinski definition) is 6. The zero-order valence-electron chi connectivity index (χ0n) is 16.4. The number of hydrogen-bond donors (Lipinski definition) is 2. The van der Waals surface area contributed by atoms with E-state index in [-0.39, 0.29) is 16.8 Å². The van der Waals surface area contributed by atoms with Gasteiger partial charge in [-0.3, -0.25) is 9.59 Å². The Balaban J connectivity index is 2.02. The molecule has 0 amide bonds. The molecule has 0 saturated carbocycles. The van der Waals surface area contributed by atoms with Gasteiger partial charge in [0.25, 0.3) is 5.56 Å². The molecule has 146 valence electrons. The molecule has 0 fully saturated rings. The number of nitrogens with zero attached hydrogens (tertiary/aromatic N) is 1. The third-order valence-corrected chi connectivity index (χ3v) is 5.92. The summed E-state index contributed by atoms with van der Waals surface area (Å²) in [5.74, 6) is 0.734. The van der Waals surface area contributed by atoms with Crippen LogP contribution in [0.1, 0.15) is 43.7 Å². The van der Waals surface area contributed by atoms with Crippen LogP contribution in [0, 0.1) is 5.41 Å². The van der Waals surface area contributed by atoms with E-state index in [1.165, 1.54) is 11.8 Å². The first-order chi connectivity index (χ1) is 13.3. The molecule has 0 spiro atoms. The highest BCUT2D eigenvalue weighted by Gasteiger charge is 2.43. The maximum Gasteiger partial charge on any atom is 0.257 e. The Hall–Kier alpha value is -2.54. The number of ketones is 1. The van der Waals surface area contributed by atoms with Crippen LogP contribution in [0.5, 0.6) is 5.75 Å². The Labute approximate surface area is 167 Å². The normalized spacial score (nSPS) is 20.3. The van der Waals surface area contributed by atoms with Crippen LogP contribution in [0.2, 0.25) is 0 Å². The van der Waals surface area contributed by atoms with Crippen LogP contribution < -0.4 is 15.6 Å². The molecule has 4 rings (SSSR count). The Morgan fingerprint density at radius 1 is 1.21 bits per heavy atom. The van der Waals surface area contributed by atoms with E-state index in [1.807, 2.05) is 30.5 Å². The molecule has 7 heteroatoms. The van der Waals surface area contributed by atoms with Gasteiger partial charge in [-0.25, -0.2) is 4.98 Å². The summed E-state index contributed by atoms with van der Waals surface area (Å²) in [7, 11) is 1.60. The number of methoxy groups -OCH3 is 1. The SMILES string of the molecule is COc1ccccc1[C@H]1C2=C(CC(C)(C)CC2=O)Nc2nc(SC)[nH]c(=O)c21. The molecule has 6 nitrogen and oxygen atoms in total. The van der Waals surface area contributed by atoms with Crippen molar-refractivity contribution >= 4 is 23.4 Å². The number of ether oxygens (including phenoxy) is 1. The number of rotatable bonds is 3. The van der Waals surface area contributed by atoms with Gasteiger partial charge in [-0.2, -0.15) is 0 Å². The van der Waals surface area contributed by atoms with E-state index in [4.69, 9.17) is 4.74 Å². The van der Waals surface area contributed by atoms with Crippen molar-refractivity contribution in [3.63, 3.8) is 0 Å². The summed E-state index contributed by atoms with van der Waals surface area (Å²) < 4.78 is 5.56. The van der Waals surface area contributed by atoms with Gasteiger partial charge < -0.3 is 15.0 Å². The molecule has 2 aromatic rings. The smallest absolute Gasteiger partial charge is 0.257 e. The standard InChI is InChI=1S/C21H23N3O3S/c1-21(2)9-12-16(13(25)10-21)15(11-7-5-6-8-14(11)27-3)17-18(22-12)23-20(28-4)24-19(17)26/h5-8,15H,9-10H2,1-4H3,(H2,22,23,24,26)/t15-/m0/s1. The van der Waals surface area contributed by atoms with Crippen LogP contribution in [0.4, 0.5) is 5.82 Å². The molecule has 0 bridgehead atoms. The van der Waals surface area contributed by atoms with Gasteiger partial charge in [0.2, 0.25) is 0 Å². The van der Waals surface area contributed by atoms with Crippen molar-refractivity contribution in [2.45, 2.75) is 37.8 Å². The van der Waals surface area contributed by atoms with Crippen LogP contribution in [0.25, 0.3) is 0 Å².